The van der Waals surface area contributed by atoms with E-state index >= 15 is 0 Å². The Balaban J connectivity index is 2.36. The average molecular weight is 248 g/mol. The van der Waals surface area contributed by atoms with Gasteiger partial charge in [0.05, 0.1) is 12.9 Å². The lowest BCUT2D eigenvalue weighted by atomic mass is 10.2. The second-order valence-electron chi connectivity index (χ2n) is 3.36. The van der Waals surface area contributed by atoms with Crippen LogP contribution >= 0.6 is 11.8 Å². The predicted molar refractivity (Wildman–Crippen MR) is 73.1 cm³/mol. The zero-order valence-corrected chi connectivity index (χ0v) is 10.7. The summed E-state index contributed by atoms with van der Waals surface area (Å²) in [4.78, 5) is 11.7. The van der Waals surface area contributed by atoms with Gasteiger partial charge in [-0.2, -0.15) is 0 Å². The normalized spacial score (nSPS) is 10.4. The maximum Gasteiger partial charge on any atom is 0.219 e. The molecule has 0 aromatic heterocycles. The fraction of sp³-hybridized carbons (Fsp3) is 0.214. The van der Waals surface area contributed by atoms with Crippen LogP contribution in [0.25, 0.3) is 0 Å². The number of allylic oxidation sites excluding steroid dienone is 1. The van der Waals surface area contributed by atoms with Gasteiger partial charge < -0.3 is 4.74 Å². The lowest BCUT2D eigenvalue weighted by molar-refractivity contribution is 0.108. The summed E-state index contributed by atoms with van der Waals surface area (Å²) in [6.45, 7) is 6.41. The Hall–Kier alpha value is -1.48. The maximum absolute atomic E-state index is 11.7. The molecule has 90 valence electrons. The number of hydrogen-bond donors (Lipinski definition) is 0. The highest BCUT2D eigenvalue weighted by atomic mass is 32.2. The fourth-order valence-corrected chi connectivity index (χ4v) is 1.82. The van der Waals surface area contributed by atoms with E-state index in [4.69, 9.17) is 4.74 Å². The van der Waals surface area contributed by atoms with Crippen LogP contribution in [-0.2, 0) is 4.74 Å². The molecule has 0 N–H and O–H groups in total. The number of carbonyl (C=O) groups is 1. The molecule has 0 spiro atoms. The lowest BCUT2D eigenvalue weighted by Crippen LogP contribution is -1.95. The number of thioether (sulfide) groups is 1. The Labute approximate surface area is 106 Å². The average Bonchev–Trinajstić information content (AvgIpc) is 2.37. The van der Waals surface area contributed by atoms with Crippen LogP contribution in [0.3, 0.4) is 0 Å². The monoisotopic (exact) mass is 248 g/mol. The molecular formula is C14H16O2S. The van der Waals surface area contributed by atoms with E-state index in [9.17, 15) is 4.79 Å². The van der Waals surface area contributed by atoms with Gasteiger partial charge in [0, 0.05) is 11.3 Å². The minimum absolute atomic E-state index is 0.0663. The molecule has 17 heavy (non-hydrogen) atoms. The number of benzene rings is 1. The summed E-state index contributed by atoms with van der Waals surface area (Å²) in [6, 6.07) is 9.24. The molecule has 0 radical (unpaired) electrons. The van der Waals surface area contributed by atoms with Crippen molar-refractivity contribution in [2.45, 2.75) is 6.92 Å². The number of carbonyl (C=O) groups excluding carboxylic acids is 1. The van der Waals surface area contributed by atoms with E-state index in [1.165, 1.54) is 11.8 Å². The summed E-state index contributed by atoms with van der Waals surface area (Å²) >= 11 is 1.25. The first kappa shape index (κ1) is 13.6. The predicted octanol–water partition coefficient (Wildman–Crippen LogP) is 3.67. The topological polar surface area (TPSA) is 26.3 Å². The van der Waals surface area contributed by atoms with Crippen molar-refractivity contribution in [1.29, 1.82) is 0 Å². The molecule has 0 unspecified atom stereocenters. The Bertz CT molecular complexity index is 396. The zero-order chi connectivity index (χ0) is 12.5. The zero-order valence-electron chi connectivity index (χ0n) is 9.89. The van der Waals surface area contributed by atoms with Crippen LogP contribution in [0.4, 0.5) is 0 Å². The minimum atomic E-state index is 0.0663. The number of rotatable bonds is 6. The number of ether oxygens (including phenoxy) is 1. The Morgan fingerprint density at radius 2 is 2.12 bits per heavy atom. The van der Waals surface area contributed by atoms with E-state index in [0.717, 1.165) is 11.1 Å². The van der Waals surface area contributed by atoms with Gasteiger partial charge in [-0.3, -0.25) is 4.79 Å². The summed E-state index contributed by atoms with van der Waals surface area (Å²) in [5.74, 6) is 0.581. The lowest BCUT2D eigenvalue weighted by Gasteiger charge is -2.01. The van der Waals surface area contributed by atoms with Crippen molar-refractivity contribution >= 4 is 16.9 Å². The molecule has 3 heteroatoms. The SMILES string of the molecule is C=C(/C=C/OCC)CSC(=O)c1ccccc1. The standard InChI is InChI=1S/C14H16O2S/c1-3-16-10-9-12(2)11-17-14(15)13-7-5-4-6-8-13/h4-10H,2-3,11H2,1H3/b10-9+. The molecule has 0 aliphatic heterocycles. The van der Waals surface area contributed by atoms with E-state index in [1.54, 1.807) is 12.3 Å². The molecule has 0 amide bonds. The first-order chi connectivity index (χ1) is 8.24. The molecule has 0 saturated heterocycles. The van der Waals surface area contributed by atoms with Crippen molar-refractivity contribution in [3.8, 4) is 0 Å². The van der Waals surface area contributed by atoms with Crippen LogP contribution in [0, 0.1) is 0 Å². The van der Waals surface area contributed by atoms with Gasteiger partial charge in [0.25, 0.3) is 0 Å². The van der Waals surface area contributed by atoms with Gasteiger partial charge in [-0.1, -0.05) is 48.7 Å². The van der Waals surface area contributed by atoms with Crippen molar-refractivity contribution in [3.05, 3.63) is 60.4 Å². The van der Waals surface area contributed by atoms with Crippen LogP contribution in [0.5, 0.6) is 0 Å². The molecule has 0 bridgehead atoms. The van der Waals surface area contributed by atoms with Crippen molar-refractivity contribution in [2.24, 2.45) is 0 Å². The van der Waals surface area contributed by atoms with Gasteiger partial charge in [0.1, 0.15) is 0 Å². The molecule has 1 rings (SSSR count). The molecule has 0 fully saturated rings. The third-order valence-corrected chi connectivity index (χ3v) is 2.98. The van der Waals surface area contributed by atoms with E-state index in [-0.39, 0.29) is 5.12 Å². The quantitative estimate of drug-likeness (QED) is 0.567. The van der Waals surface area contributed by atoms with Gasteiger partial charge in [0.2, 0.25) is 5.12 Å². The van der Waals surface area contributed by atoms with Crippen molar-refractivity contribution in [2.75, 3.05) is 12.4 Å². The molecule has 2 nitrogen and oxygen atoms in total. The van der Waals surface area contributed by atoms with E-state index < -0.39 is 0 Å². The summed E-state index contributed by atoms with van der Waals surface area (Å²) in [7, 11) is 0. The Morgan fingerprint density at radius 1 is 1.41 bits per heavy atom. The van der Waals surface area contributed by atoms with Crippen molar-refractivity contribution in [3.63, 3.8) is 0 Å². The number of hydrogen-bond acceptors (Lipinski definition) is 3. The highest BCUT2D eigenvalue weighted by molar-refractivity contribution is 8.14. The maximum atomic E-state index is 11.7. The van der Waals surface area contributed by atoms with Crippen LogP contribution < -0.4 is 0 Å². The van der Waals surface area contributed by atoms with Crippen LogP contribution in [0.2, 0.25) is 0 Å². The summed E-state index contributed by atoms with van der Waals surface area (Å²) in [5.41, 5.74) is 1.59. The summed E-state index contributed by atoms with van der Waals surface area (Å²) < 4.78 is 5.06. The van der Waals surface area contributed by atoms with Gasteiger partial charge in [0.15, 0.2) is 0 Å². The smallest absolute Gasteiger partial charge is 0.219 e. The van der Waals surface area contributed by atoms with Gasteiger partial charge in [-0.25, -0.2) is 0 Å². The van der Waals surface area contributed by atoms with Crippen LogP contribution in [-0.4, -0.2) is 17.5 Å². The van der Waals surface area contributed by atoms with Gasteiger partial charge in [-0.05, 0) is 18.6 Å². The molecule has 0 aliphatic carbocycles. The fourth-order valence-electron chi connectivity index (χ4n) is 1.10. The van der Waals surface area contributed by atoms with E-state index in [2.05, 4.69) is 6.58 Å². The molecule has 0 atom stereocenters. The first-order valence-electron chi connectivity index (χ1n) is 5.42. The van der Waals surface area contributed by atoms with Crippen LogP contribution in [0.15, 0.2) is 54.8 Å². The third kappa shape index (κ3) is 5.41. The summed E-state index contributed by atoms with van der Waals surface area (Å²) in [6.07, 6.45) is 3.39. The summed E-state index contributed by atoms with van der Waals surface area (Å²) in [5, 5.41) is 0.0663. The van der Waals surface area contributed by atoms with Gasteiger partial charge >= 0.3 is 0 Å². The largest absolute Gasteiger partial charge is 0.501 e. The highest BCUT2D eigenvalue weighted by Gasteiger charge is 2.05. The molecule has 1 aromatic carbocycles. The highest BCUT2D eigenvalue weighted by Crippen LogP contribution is 2.15. The van der Waals surface area contributed by atoms with Crippen molar-refractivity contribution in [1.82, 2.24) is 0 Å². The second-order valence-corrected chi connectivity index (χ2v) is 4.31. The van der Waals surface area contributed by atoms with E-state index in [1.807, 2.05) is 37.3 Å². The molecular weight excluding hydrogens is 232 g/mol. The molecule has 0 saturated carbocycles. The molecule has 0 heterocycles. The second kappa shape index (κ2) is 7.74. The Morgan fingerprint density at radius 3 is 2.76 bits per heavy atom. The van der Waals surface area contributed by atoms with Crippen molar-refractivity contribution < 1.29 is 9.53 Å². The van der Waals surface area contributed by atoms with Gasteiger partial charge in [-0.15, -0.1) is 0 Å². The minimum Gasteiger partial charge on any atom is -0.501 e. The third-order valence-electron chi connectivity index (χ3n) is 1.96. The van der Waals surface area contributed by atoms with Crippen LogP contribution in [0.1, 0.15) is 17.3 Å². The molecule has 0 aliphatic rings. The Kier molecular flexibility index (Phi) is 6.18. The molecule has 1 aromatic rings. The van der Waals surface area contributed by atoms with E-state index in [0.29, 0.717) is 12.4 Å². The first-order valence-corrected chi connectivity index (χ1v) is 6.40.